The van der Waals surface area contributed by atoms with Crippen LogP contribution in [0.2, 0.25) is 0 Å². The van der Waals surface area contributed by atoms with Gasteiger partial charge in [0, 0.05) is 11.6 Å². The van der Waals surface area contributed by atoms with Crippen LogP contribution in [0.5, 0.6) is 5.75 Å². The maximum absolute atomic E-state index is 13.8. The van der Waals surface area contributed by atoms with Crippen molar-refractivity contribution in [3.8, 4) is 5.75 Å². The predicted molar refractivity (Wildman–Crippen MR) is 83.9 cm³/mol. The number of para-hydroxylation sites is 1. The molecule has 0 spiro atoms. The van der Waals surface area contributed by atoms with Gasteiger partial charge in [-0.15, -0.1) is 0 Å². The molecule has 0 saturated heterocycles. The van der Waals surface area contributed by atoms with Crippen LogP contribution in [0.3, 0.4) is 0 Å². The lowest BCUT2D eigenvalue weighted by molar-refractivity contribution is 0.408. The largest absolute Gasteiger partial charge is 0.496 e. The summed E-state index contributed by atoms with van der Waals surface area (Å²) in [4.78, 5) is 4.27. The molecule has 0 amide bonds. The van der Waals surface area contributed by atoms with Crippen molar-refractivity contribution >= 4 is 32.9 Å². The van der Waals surface area contributed by atoms with Crippen molar-refractivity contribution < 1.29 is 9.13 Å². The molecule has 2 aromatic carbocycles. The Morgan fingerprint density at radius 2 is 2.10 bits per heavy atom. The normalized spacial score (nSPS) is 11.0. The van der Waals surface area contributed by atoms with E-state index in [0.717, 1.165) is 11.3 Å². The zero-order chi connectivity index (χ0) is 15.0. The third kappa shape index (κ3) is 2.47. The number of imidazole rings is 1. The molecule has 2 N–H and O–H groups in total. The number of rotatable bonds is 3. The number of nitrogens with two attached hydrogens (primary N) is 1. The molecule has 0 saturated carbocycles. The van der Waals surface area contributed by atoms with Crippen molar-refractivity contribution in [3.63, 3.8) is 0 Å². The van der Waals surface area contributed by atoms with Crippen molar-refractivity contribution in [3.05, 3.63) is 52.3 Å². The molecular weight excluding hydrogens is 337 g/mol. The number of hydrogen-bond acceptors (Lipinski definition) is 3. The van der Waals surface area contributed by atoms with Gasteiger partial charge in [0.15, 0.2) is 0 Å². The van der Waals surface area contributed by atoms with Gasteiger partial charge in [-0.05, 0) is 28.1 Å². The Labute approximate surface area is 129 Å². The predicted octanol–water partition coefficient (Wildman–Crippen LogP) is 3.58. The van der Waals surface area contributed by atoms with Gasteiger partial charge in [-0.3, -0.25) is 0 Å². The van der Waals surface area contributed by atoms with Crippen LogP contribution >= 0.6 is 15.9 Å². The average molecular weight is 350 g/mol. The number of nitrogen functional groups attached to an aromatic ring is 1. The van der Waals surface area contributed by atoms with Gasteiger partial charge in [-0.25, -0.2) is 9.37 Å². The summed E-state index contributed by atoms with van der Waals surface area (Å²) in [6.07, 6.45) is 0. The fourth-order valence-electron chi connectivity index (χ4n) is 2.31. The summed E-state index contributed by atoms with van der Waals surface area (Å²) in [7, 11) is 1.62. The van der Waals surface area contributed by atoms with E-state index in [4.69, 9.17) is 10.5 Å². The van der Waals surface area contributed by atoms with E-state index >= 15 is 0 Å². The molecule has 0 aliphatic carbocycles. The van der Waals surface area contributed by atoms with Crippen molar-refractivity contribution in [1.82, 2.24) is 9.55 Å². The van der Waals surface area contributed by atoms with Crippen LogP contribution in [0.15, 0.2) is 40.9 Å². The second kappa shape index (κ2) is 5.37. The molecule has 0 radical (unpaired) electrons. The van der Waals surface area contributed by atoms with Crippen LogP contribution in [0.4, 0.5) is 10.3 Å². The Morgan fingerprint density at radius 1 is 1.33 bits per heavy atom. The number of benzene rings is 2. The molecular formula is C15H13BrFN3O. The first kappa shape index (κ1) is 13.9. The molecule has 0 atom stereocenters. The number of aromatic nitrogens is 2. The van der Waals surface area contributed by atoms with E-state index in [9.17, 15) is 4.39 Å². The standard InChI is InChI=1S/C15H13BrFN3O/c1-21-14-5-3-2-4-9(14)8-20-13-7-11(17)10(16)6-12(13)19-15(20)18/h2-7H,8H2,1H3,(H2,18,19). The van der Waals surface area contributed by atoms with E-state index in [2.05, 4.69) is 20.9 Å². The van der Waals surface area contributed by atoms with Gasteiger partial charge in [0.25, 0.3) is 0 Å². The third-order valence-corrected chi connectivity index (χ3v) is 3.95. The highest BCUT2D eigenvalue weighted by Crippen LogP contribution is 2.27. The molecule has 0 aliphatic rings. The van der Waals surface area contributed by atoms with Gasteiger partial charge in [0.2, 0.25) is 5.95 Å². The van der Waals surface area contributed by atoms with Crippen molar-refractivity contribution in [1.29, 1.82) is 0 Å². The molecule has 3 aromatic rings. The third-order valence-electron chi connectivity index (χ3n) is 3.34. The SMILES string of the molecule is COc1ccccc1Cn1c(N)nc2cc(Br)c(F)cc21. The Kier molecular flexibility index (Phi) is 3.55. The fourth-order valence-corrected chi connectivity index (χ4v) is 2.64. The monoisotopic (exact) mass is 349 g/mol. The van der Waals surface area contributed by atoms with Gasteiger partial charge in [-0.1, -0.05) is 18.2 Å². The zero-order valence-corrected chi connectivity index (χ0v) is 12.9. The molecule has 1 aromatic heterocycles. The molecule has 0 fully saturated rings. The minimum Gasteiger partial charge on any atom is -0.496 e. The molecule has 4 nitrogen and oxygen atoms in total. The molecule has 0 aliphatic heterocycles. The summed E-state index contributed by atoms with van der Waals surface area (Å²) in [5.74, 6) is 0.758. The zero-order valence-electron chi connectivity index (χ0n) is 11.3. The van der Waals surface area contributed by atoms with Crippen molar-refractivity contribution in [2.24, 2.45) is 0 Å². The molecule has 3 rings (SSSR count). The lowest BCUT2D eigenvalue weighted by atomic mass is 10.2. The smallest absolute Gasteiger partial charge is 0.201 e. The summed E-state index contributed by atoms with van der Waals surface area (Å²) < 4.78 is 21.2. The number of ether oxygens (including phenoxy) is 1. The summed E-state index contributed by atoms with van der Waals surface area (Å²) in [5, 5.41) is 0. The molecule has 6 heteroatoms. The van der Waals surface area contributed by atoms with Gasteiger partial charge in [0.05, 0.1) is 29.2 Å². The van der Waals surface area contributed by atoms with Crippen LogP contribution in [-0.4, -0.2) is 16.7 Å². The van der Waals surface area contributed by atoms with Crippen LogP contribution in [0.1, 0.15) is 5.56 Å². The average Bonchev–Trinajstić information content (AvgIpc) is 2.76. The Balaban J connectivity index is 2.12. The number of halogens is 2. The Bertz CT molecular complexity index is 816. The Morgan fingerprint density at radius 3 is 2.86 bits per heavy atom. The highest BCUT2D eigenvalue weighted by atomic mass is 79.9. The number of anilines is 1. The van der Waals surface area contributed by atoms with E-state index in [1.807, 2.05) is 24.3 Å². The van der Waals surface area contributed by atoms with Gasteiger partial charge >= 0.3 is 0 Å². The number of hydrogen-bond donors (Lipinski definition) is 1. The van der Waals surface area contributed by atoms with Gasteiger partial charge < -0.3 is 15.0 Å². The number of methoxy groups -OCH3 is 1. The summed E-state index contributed by atoms with van der Waals surface area (Å²) in [6.45, 7) is 0.466. The van der Waals surface area contributed by atoms with Crippen molar-refractivity contribution in [2.45, 2.75) is 6.54 Å². The maximum atomic E-state index is 13.8. The molecule has 1 heterocycles. The number of nitrogens with zero attached hydrogens (tertiary/aromatic N) is 2. The number of fused-ring (bicyclic) bond motifs is 1. The highest BCUT2D eigenvalue weighted by molar-refractivity contribution is 9.10. The lowest BCUT2D eigenvalue weighted by Gasteiger charge is -2.11. The maximum Gasteiger partial charge on any atom is 0.201 e. The van der Waals surface area contributed by atoms with Crippen LogP contribution < -0.4 is 10.5 Å². The lowest BCUT2D eigenvalue weighted by Crippen LogP contribution is -2.05. The Hall–Kier alpha value is -2.08. The summed E-state index contributed by atoms with van der Waals surface area (Å²) in [6, 6.07) is 10.7. The van der Waals surface area contributed by atoms with Crippen LogP contribution in [-0.2, 0) is 6.54 Å². The van der Waals surface area contributed by atoms with E-state index < -0.39 is 0 Å². The van der Waals surface area contributed by atoms with E-state index in [1.165, 1.54) is 6.07 Å². The fraction of sp³-hybridized carbons (Fsp3) is 0.133. The first-order chi connectivity index (χ1) is 10.1. The molecule has 21 heavy (non-hydrogen) atoms. The first-order valence-corrected chi connectivity index (χ1v) is 7.12. The van der Waals surface area contributed by atoms with Gasteiger partial charge in [0.1, 0.15) is 11.6 Å². The second-order valence-electron chi connectivity index (χ2n) is 4.62. The highest BCUT2D eigenvalue weighted by Gasteiger charge is 2.13. The van der Waals surface area contributed by atoms with Crippen molar-refractivity contribution in [2.75, 3.05) is 12.8 Å². The van der Waals surface area contributed by atoms with E-state index in [0.29, 0.717) is 28.0 Å². The topological polar surface area (TPSA) is 53.1 Å². The summed E-state index contributed by atoms with van der Waals surface area (Å²) in [5.41, 5.74) is 8.22. The van der Waals surface area contributed by atoms with Crippen LogP contribution in [0.25, 0.3) is 11.0 Å². The molecule has 0 unspecified atom stereocenters. The van der Waals surface area contributed by atoms with E-state index in [-0.39, 0.29) is 5.82 Å². The minimum atomic E-state index is -0.344. The van der Waals surface area contributed by atoms with E-state index in [1.54, 1.807) is 17.7 Å². The quantitative estimate of drug-likeness (QED) is 0.786. The molecule has 0 bridgehead atoms. The molecule has 108 valence electrons. The van der Waals surface area contributed by atoms with Gasteiger partial charge in [-0.2, -0.15) is 0 Å². The first-order valence-electron chi connectivity index (χ1n) is 6.33. The van der Waals surface area contributed by atoms with Crippen LogP contribution in [0, 0.1) is 5.82 Å². The summed E-state index contributed by atoms with van der Waals surface area (Å²) >= 11 is 3.15. The minimum absolute atomic E-state index is 0.341. The second-order valence-corrected chi connectivity index (χ2v) is 5.48.